The maximum atomic E-state index is 10.5. The average molecular weight is 156 g/mol. The van der Waals surface area contributed by atoms with Gasteiger partial charge in [0.25, 0.3) is 0 Å². The van der Waals surface area contributed by atoms with Gasteiger partial charge in [-0.25, -0.2) is 0 Å². The molecule has 1 nitrogen and oxygen atoms in total. The molecule has 0 spiro atoms. The summed E-state index contributed by atoms with van der Waals surface area (Å²) in [6.45, 7) is 4.46. The summed E-state index contributed by atoms with van der Waals surface area (Å²) in [7, 11) is 0.0352. The van der Waals surface area contributed by atoms with E-state index >= 15 is 0 Å². The smallest absolute Gasteiger partial charge is 0.124 e. The lowest BCUT2D eigenvalue weighted by Crippen LogP contribution is -2.12. The van der Waals surface area contributed by atoms with Crippen LogP contribution in [-0.2, 0) is 4.79 Å². The molecule has 2 heteroatoms. The Labute approximate surface area is 63.3 Å². The monoisotopic (exact) mass is 156 g/mol. The fourth-order valence-corrected chi connectivity index (χ4v) is 2.77. The van der Waals surface area contributed by atoms with Crippen LogP contribution in [0.1, 0.15) is 6.42 Å². The molecule has 0 amide bonds. The Bertz CT molecular complexity index is 151. The fourth-order valence-electron chi connectivity index (χ4n) is 1.35. The van der Waals surface area contributed by atoms with E-state index in [2.05, 4.69) is 25.5 Å². The molecule has 0 bridgehead atoms. The second kappa shape index (κ2) is 3.30. The molecule has 2 atom stereocenters. The van der Waals surface area contributed by atoms with Gasteiger partial charge in [0, 0.05) is 11.6 Å². The van der Waals surface area contributed by atoms with Crippen molar-refractivity contribution < 1.29 is 4.79 Å². The van der Waals surface area contributed by atoms with E-state index in [-0.39, 0.29) is 7.92 Å². The molecule has 0 saturated carbocycles. The van der Waals surface area contributed by atoms with Gasteiger partial charge in [-0.05, 0) is 19.8 Å². The quantitative estimate of drug-likeness (QED) is 0.339. The van der Waals surface area contributed by atoms with Gasteiger partial charge in [-0.3, -0.25) is 0 Å². The van der Waals surface area contributed by atoms with E-state index in [0.717, 1.165) is 12.7 Å². The first-order valence-corrected chi connectivity index (χ1v) is 5.84. The van der Waals surface area contributed by atoms with Crippen LogP contribution in [0.3, 0.4) is 0 Å². The van der Waals surface area contributed by atoms with Crippen LogP contribution in [-0.4, -0.2) is 25.3 Å². The molecular weight excluding hydrogens is 143 g/mol. The highest BCUT2D eigenvalue weighted by Gasteiger charge is 2.24. The lowest BCUT2D eigenvalue weighted by Gasteiger charge is -2.17. The zero-order valence-electron chi connectivity index (χ0n) is 6.45. The largest absolute Gasteiger partial charge is 0.303 e. The Morgan fingerprint density at radius 2 is 2.30 bits per heavy atom. The summed E-state index contributed by atoms with van der Waals surface area (Å²) in [6, 6.07) is 0. The fraction of sp³-hybridized carbons (Fsp3) is 0.625. The van der Waals surface area contributed by atoms with Gasteiger partial charge in [-0.15, -0.1) is 7.92 Å². The molecule has 0 aromatic rings. The predicted octanol–water partition coefficient (Wildman–Crippen LogP) is 1.87. The summed E-state index contributed by atoms with van der Waals surface area (Å²) in [6.07, 6.45) is 6.40. The third kappa shape index (κ3) is 1.46. The number of hydrogen-bond acceptors (Lipinski definition) is 1. The summed E-state index contributed by atoms with van der Waals surface area (Å²) in [5.41, 5.74) is 0.562. The number of carbonyl (C=O) groups is 1. The summed E-state index contributed by atoms with van der Waals surface area (Å²) in [5.74, 6) is 0.293. The van der Waals surface area contributed by atoms with Crippen LogP contribution in [0, 0.1) is 5.92 Å². The highest BCUT2D eigenvalue weighted by atomic mass is 31.1. The maximum Gasteiger partial charge on any atom is 0.124 e. The van der Waals surface area contributed by atoms with E-state index in [1.807, 2.05) is 0 Å². The zero-order valence-corrected chi connectivity index (χ0v) is 7.34. The number of rotatable bonds is 2. The van der Waals surface area contributed by atoms with Crippen LogP contribution in [0.25, 0.3) is 0 Å². The van der Waals surface area contributed by atoms with Crippen molar-refractivity contribution in [2.45, 2.75) is 12.1 Å². The molecule has 0 heterocycles. The first-order valence-electron chi connectivity index (χ1n) is 3.54. The van der Waals surface area contributed by atoms with Gasteiger partial charge in [-0.1, -0.05) is 12.2 Å². The van der Waals surface area contributed by atoms with Gasteiger partial charge in [0.2, 0.25) is 0 Å². The molecule has 10 heavy (non-hydrogen) atoms. The standard InChI is InChI=1S/C8H13OP/c1-10(2)8-5-3-4-7(8)6-9/h3,5-8H,4H2,1-2H3. The minimum Gasteiger partial charge on any atom is -0.303 e. The van der Waals surface area contributed by atoms with E-state index < -0.39 is 0 Å². The number of aldehydes is 1. The number of carbonyl (C=O) groups excluding carboxylic acids is 1. The first kappa shape index (κ1) is 7.94. The van der Waals surface area contributed by atoms with Gasteiger partial charge in [0.15, 0.2) is 0 Å². The number of hydrogen-bond donors (Lipinski definition) is 0. The summed E-state index contributed by atoms with van der Waals surface area (Å²) < 4.78 is 0. The first-order chi connectivity index (χ1) is 4.75. The van der Waals surface area contributed by atoms with E-state index in [0.29, 0.717) is 11.6 Å². The zero-order chi connectivity index (χ0) is 7.56. The lowest BCUT2D eigenvalue weighted by molar-refractivity contribution is -0.110. The van der Waals surface area contributed by atoms with Crippen molar-refractivity contribution in [3.8, 4) is 0 Å². The molecule has 1 aliphatic rings. The molecule has 0 fully saturated rings. The second-order valence-corrected chi connectivity index (χ2v) is 5.44. The third-order valence-electron chi connectivity index (χ3n) is 1.95. The van der Waals surface area contributed by atoms with Gasteiger partial charge in [-0.2, -0.15) is 0 Å². The van der Waals surface area contributed by atoms with E-state index in [9.17, 15) is 4.79 Å². The minimum atomic E-state index is 0.0352. The Kier molecular flexibility index (Phi) is 2.62. The molecule has 0 aliphatic heterocycles. The molecular formula is C8H13OP. The lowest BCUT2D eigenvalue weighted by atomic mass is 10.1. The van der Waals surface area contributed by atoms with Gasteiger partial charge in [0.1, 0.15) is 6.29 Å². The van der Waals surface area contributed by atoms with Crippen molar-refractivity contribution in [2.24, 2.45) is 5.92 Å². The van der Waals surface area contributed by atoms with E-state index in [1.54, 1.807) is 0 Å². The van der Waals surface area contributed by atoms with Crippen molar-refractivity contribution in [3.05, 3.63) is 12.2 Å². The molecule has 1 aliphatic carbocycles. The Balaban J connectivity index is 2.57. The Morgan fingerprint density at radius 1 is 1.60 bits per heavy atom. The Morgan fingerprint density at radius 3 is 2.70 bits per heavy atom. The molecule has 2 unspecified atom stereocenters. The highest BCUT2D eigenvalue weighted by Crippen LogP contribution is 2.41. The molecule has 0 aromatic heterocycles. The van der Waals surface area contributed by atoms with Gasteiger partial charge < -0.3 is 4.79 Å². The molecule has 0 saturated heterocycles. The summed E-state index contributed by atoms with van der Waals surface area (Å²) in [5, 5.41) is 0. The van der Waals surface area contributed by atoms with Gasteiger partial charge in [0.05, 0.1) is 0 Å². The van der Waals surface area contributed by atoms with Crippen LogP contribution >= 0.6 is 7.92 Å². The molecule has 0 aromatic carbocycles. The van der Waals surface area contributed by atoms with Crippen molar-refractivity contribution in [2.75, 3.05) is 13.3 Å². The Hall–Kier alpha value is -0.160. The molecule has 1 rings (SSSR count). The van der Waals surface area contributed by atoms with Crippen molar-refractivity contribution in [3.63, 3.8) is 0 Å². The third-order valence-corrected chi connectivity index (χ3v) is 3.70. The maximum absolute atomic E-state index is 10.5. The van der Waals surface area contributed by atoms with Gasteiger partial charge >= 0.3 is 0 Å². The molecule has 56 valence electrons. The normalized spacial score (nSPS) is 31.5. The van der Waals surface area contributed by atoms with Crippen LogP contribution in [0.2, 0.25) is 0 Å². The number of allylic oxidation sites excluding steroid dienone is 2. The van der Waals surface area contributed by atoms with Crippen LogP contribution in [0.15, 0.2) is 12.2 Å². The molecule has 0 N–H and O–H groups in total. The SMILES string of the molecule is CP(C)C1C=CCC1C=O. The van der Waals surface area contributed by atoms with Crippen LogP contribution < -0.4 is 0 Å². The van der Waals surface area contributed by atoms with Crippen LogP contribution in [0.4, 0.5) is 0 Å². The summed E-state index contributed by atoms with van der Waals surface area (Å²) in [4.78, 5) is 10.5. The van der Waals surface area contributed by atoms with Crippen molar-refractivity contribution in [1.82, 2.24) is 0 Å². The second-order valence-electron chi connectivity index (χ2n) is 2.92. The molecule has 0 radical (unpaired) electrons. The van der Waals surface area contributed by atoms with Crippen LogP contribution in [0.5, 0.6) is 0 Å². The highest BCUT2D eigenvalue weighted by molar-refractivity contribution is 7.57. The predicted molar refractivity (Wildman–Crippen MR) is 45.9 cm³/mol. The topological polar surface area (TPSA) is 17.1 Å². The van der Waals surface area contributed by atoms with E-state index in [4.69, 9.17) is 0 Å². The van der Waals surface area contributed by atoms with E-state index in [1.165, 1.54) is 0 Å². The van der Waals surface area contributed by atoms with Crippen molar-refractivity contribution in [1.29, 1.82) is 0 Å². The average Bonchev–Trinajstić information content (AvgIpc) is 2.33. The minimum absolute atomic E-state index is 0.0352. The van der Waals surface area contributed by atoms with Crippen molar-refractivity contribution >= 4 is 14.2 Å². The summed E-state index contributed by atoms with van der Waals surface area (Å²) >= 11 is 0.